The van der Waals surface area contributed by atoms with Crippen LogP contribution in [0.5, 0.6) is 0 Å². The third-order valence-corrected chi connectivity index (χ3v) is 2.90. The van der Waals surface area contributed by atoms with Gasteiger partial charge < -0.3 is 15.2 Å². The molecule has 17 heavy (non-hydrogen) atoms. The van der Waals surface area contributed by atoms with E-state index in [1.165, 1.54) is 0 Å². The molecule has 1 atom stereocenters. The summed E-state index contributed by atoms with van der Waals surface area (Å²) < 4.78 is 5.08. The van der Waals surface area contributed by atoms with Gasteiger partial charge in [-0.05, 0) is 24.3 Å². The van der Waals surface area contributed by atoms with Crippen molar-refractivity contribution in [3.63, 3.8) is 0 Å². The third-order valence-electron chi connectivity index (χ3n) is 2.90. The zero-order valence-electron chi connectivity index (χ0n) is 9.63. The highest BCUT2D eigenvalue weighted by molar-refractivity contribution is 5.67. The second-order valence-electron chi connectivity index (χ2n) is 4.33. The number of rotatable bonds is 5. The molecule has 0 heterocycles. The largest absolute Gasteiger partial charge is 0.445 e. The smallest absolute Gasteiger partial charge is 0.407 e. The lowest BCUT2D eigenvalue weighted by Gasteiger charge is -2.15. The van der Waals surface area contributed by atoms with Gasteiger partial charge in [0.2, 0.25) is 0 Å². The number of alkyl carbamates (subject to hydrolysis) is 1. The number of hydrogen-bond donors (Lipinski definition) is 2. The van der Waals surface area contributed by atoms with Crippen LogP contribution in [0.2, 0.25) is 0 Å². The Morgan fingerprint density at radius 1 is 1.41 bits per heavy atom. The molecule has 0 saturated heterocycles. The molecule has 1 aliphatic rings. The van der Waals surface area contributed by atoms with Crippen LogP contribution in [0.15, 0.2) is 30.3 Å². The first-order valence-corrected chi connectivity index (χ1v) is 5.87. The second-order valence-corrected chi connectivity index (χ2v) is 4.33. The Kier molecular flexibility index (Phi) is 3.98. The maximum absolute atomic E-state index is 11.5. The van der Waals surface area contributed by atoms with Gasteiger partial charge in [-0.25, -0.2) is 4.79 Å². The van der Waals surface area contributed by atoms with Crippen molar-refractivity contribution in [2.45, 2.75) is 25.5 Å². The van der Waals surface area contributed by atoms with Gasteiger partial charge in [-0.3, -0.25) is 0 Å². The minimum Gasteiger partial charge on any atom is -0.445 e. The predicted octanol–water partition coefficient (Wildman–Crippen LogP) is 1.68. The van der Waals surface area contributed by atoms with E-state index in [1.54, 1.807) is 0 Å². The molecule has 4 nitrogen and oxygen atoms in total. The standard InChI is InChI=1S/C13H17NO3/c15-8-12(11-6-7-11)14-13(16)17-9-10-4-2-1-3-5-10/h1-5,11-12,15H,6-9H2,(H,14,16)/t12-/m1/s1. The molecule has 0 bridgehead atoms. The summed E-state index contributed by atoms with van der Waals surface area (Å²) in [5, 5.41) is 11.8. The number of ether oxygens (including phenoxy) is 1. The molecule has 0 unspecified atom stereocenters. The maximum atomic E-state index is 11.5. The summed E-state index contributed by atoms with van der Waals surface area (Å²) in [5.41, 5.74) is 0.953. The molecular weight excluding hydrogens is 218 g/mol. The molecule has 1 aromatic carbocycles. The Bertz CT molecular complexity index is 362. The summed E-state index contributed by atoms with van der Waals surface area (Å²) >= 11 is 0. The van der Waals surface area contributed by atoms with E-state index < -0.39 is 6.09 Å². The van der Waals surface area contributed by atoms with Crippen molar-refractivity contribution in [3.05, 3.63) is 35.9 Å². The fraction of sp³-hybridized carbons (Fsp3) is 0.462. The van der Waals surface area contributed by atoms with E-state index in [0.29, 0.717) is 5.92 Å². The molecule has 2 N–H and O–H groups in total. The van der Waals surface area contributed by atoms with Crippen LogP contribution >= 0.6 is 0 Å². The first-order chi connectivity index (χ1) is 8.29. The van der Waals surface area contributed by atoms with Crippen LogP contribution in [0.1, 0.15) is 18.4 Å². The van der Waals surface area contributed by atoms with Crippen molar-refractivity contribution in [3.8, 4) is 0 Å². The number of carbonyl (C=O) groups excluding carboxylic acids is 1. The number of benzene rings is 1. The molecule has 0 spiro atoms. The lowest BCUT2D eigenvalue weighted by molar-refractivity contribution is 0.126. The Morgan fingerprint density at radius 3 is 2.71 bits per heavy atom. The molecule has 0 aliphatic heterocycles. The number of aliphatic hydroxyl groups is 1. The van der Waals surface area contributed by atoms with Gasteiger partial charge in [0.25, 0.3) is 0 Å². The summed E-state index contributed by atoms with van der Waals surface area (Å²) in [5.74, 6) is 0.421. The molecule has 4 heteroatoms. The highest BCUT2D eigenvalue weighted by Gasteiger charge is 2.32. The molecule has 1 aromatic rings. The van der Waals surface area contributed by atoms with Crippen LogP contribution in [0.4, 0.5) is 4.79 Å². The Balaban J connectivity index is 1.73. The summed E-state index contributed by atoms with van der Waals surface area (Å²) in [6, 6.07) is 9.36. The van der Waals surface area contributed by atoms with Crippen molar-refractivity contribution in [2.75, 3.05) is 6.61 Å². The maximum Gasteiger partial charge on any atom is 0.407 e. The van der Waals surface area contributed by atoms with E-state index in [0.717, 1.165) is 18.4 Å². The quantitative estimate of drug-likeness (QED) is 0.816. The van der Waals surface area contributed by atoms with Gasteiger partial charge in [0.05, 0.1) is 12.6 Å². The van der Waals surface area contributed by atoms with E-state index in [4.69, 9.17) is 9.84 Å². The number of carbonyl (C=O) groups is 1. The van der Waals surface area contributed by atoms with Crippen LogP contribution < -0.4 is 5.32 Å². The van der Waals surface area contributed by atoms with Gasteiger partial charge in [0.15, 0.2) is 0 Å². The van der Waals surface area contributed by atoms with Gasteiger partial charge in [-0.1, -0.05) is 30.3 Å². The lowest BCUT2D eigenvalue weighted by Crippen LogP contribution is -2.39. The van der Waals surface area contributed by atoms with Gasteiger partial charge in [-0.15, -0.1) is 0 Å². The van der Waals surface area contributed by atoms with Crippen molar-refractivity contribution < 1.29 is 14.6 Å². The van der Waals surface area contributed by atoms with Crippen LogP contribution in [0.3, 0.4) is 0 Å². The van der Waals surface area contributed by atoms with Crippen molar-refractivity contribution in [2.24, 2.45) is 5.92 Å². The van der Waals surface area contributed by atoms with Crippen molar-refractivity contribution in [1.29, 1.82) is 0 Å². The Labute approximate surface area is 101 Å². The molecule has 2 rings (SSSR count). The SMILES string of the molecule is O=C(N[C@H](CO)C1CC1)OCc1ccccc1. The summed E-state index contributed by atoms with van der Waals surface area (Å²) in [6.45, 7) is 0.237. The first-order valence-electron chi connectivity index (χ1n) is 5.87. The number of amides is 1. The topological polar surface area (TPSA) is 58.6 Å². The highest BCUT2D eigenvalue weighted by atomic mass is 16.5. The van der Waals surface area contributed by atoms with Crippen LogP contribution in [-0.2, 0) is 11.3 Å². The fourth-order valence-electron chi connectivity index (χ4n) is 1.73. The van der Waals surface area contributed by atoms with Crippen molar-refractivity contribution in [1.82, 2.24) is 5.32 Å². The normalized spacial score (nSPS) is 16.3. The Hall–Kier alpha value is -1.55. The monoisotopic (exact) mass is 235 g/mol. The zero-order chi connectivity index (χ0) is 12.1. The van der Waals surface area contributed by atoms with Gasteiger partial charge in [0, 0.05) is 0 Å². The third kappa shape index (κ3) is 3.75. The highest BCUT2D eigenvalue weighted by Crippen LogP contribution is 2.32. The molecule has 0 radical (unpaired) electrons. The van der Waals surface area contributed by atoms with Crippen LogP contribution in [-0.4, -0.2) is 23.8 Å². The molecule has 1 amide bonds. The molecule has 1 aliphatic carbocycles. The van der Waals surface area contributed by atoms with Gasteiger partial charge in [0.1, 0.15) is 6.61 Å². The minimum absolute atomic E-state index is 0.0227. The number of nitrogens with one attached hydrogen (secondary N) is 1. The average molecular weight is 235 g/mol. The van der Waals surface area contributed by atoms with Gasteiger partial charge >= 0.3 is 6.09 Å². The molecular formula is C13H17NO3. The molecule has 1 fully saturated rings. The molecule has 0 aromatic heterocycles. The second kappa shape index (κ2) is 5.68. The van der Waals surface area contributed by atoms with Crippen LogP contribution in [0, 0.1) is 5.92 Å². The van der Waals surface area contributed by atoms with E-state index in [1.807, 2.05) is 30.3 Å². The van der Waals surface area contributed by atoms with E-state index in [9.17, 15) is 4.79 Å². The number of aliphatic hydroxyl groups excluding tert-OH is 1. The summed E-state index contributed by atoms with van der Waals surface area (Å²) in [6.07, 6.45) is 1.69. The summed E-state index contributed by atoms with van der Waals surface area (Å²) in [4.78, 5) is 11.5. The van der Waals surface area contributed by atoms with Gasteiger partial charge in [-0.2, -0.15) is 0 Å². The van der Waals surface area contributed by atoms with E-state index >= 15 is 0 Å². The molecule has 1 saturated carbocycles. The average Bonchev–Trinajstić information content (AvgIpc) is 3.19. The zero-order valence-corrected chi connectivity index (χ0v) is 9.63. The fourth-order valence-corrected chi connectivity index (χ4v) is 1.73. The minimum atomic E-state index is -0.459. The van der Waals surface area contributed by atoms with Crippen molar-refractivity contribution >= 4 is 6.09 Å². The van der Waals surface area contributed by atoms with E-state index in [-0.39, 0.29) is 19.3 Å². The predicted molar refractivity (Wildman–Crippen MR) is 63.4 cm³/mol. The lowest BCUT2D eigenvalue weighted by atomic mass is 10.2. The Morgan fingerprint density at radius 2 is 2.12 bits per heavy atom. The number of hydrogen-bond acceptors (Lipinski definition) is 3. The first kappa shape index (κ1) is 11.9. The molecule has 92 valence electrons. The summed E-state index contributed by atoms with van der Waals surface area (Å²) in [7, 11) is 0. The van der Waals surface area contributed by atoms with Crippen LogP contribution in [0.25, 0.3) is 0 Å². The van der Waals surface area contributed by atoms with E-state index in [2.05, 4.69) is 5.32 Å².